The van der Waals surface area contributed by atoms with Crippen molar-refractivity contribution in [1.82, 2.24) is 9.97 Å². The minimum absolute atomic E-state index is 0.267. The van der Waals surface area contributed by atoms with Crippen LogP contribution in [0.25, 0.3) is 11.4 Å². The quantitative estimate of drug-likeness (QED) is 0.857. The van der Waals surface area contributed by atoms with Gasteiger partial charge in [0.2, 0.25) is 0 Å². The van der Waals surface area contributed by atoms with E-state index in [-0.39, 0.29) is 5.69 Å². The highest BCUT2D eigenvalue weighted by molar-refractivity contribution is 9.10. The first-order chi connectivity index (χ1) is 8.54. The number of aromatic amines is 1. The average Bonchev–Trinajstić information content (AvgIpc) is 2.73. The van der Waals surface area contributed by atoms with Crippen molar-refractivity contribution in [1.29, 1.82) is 0 Å². The molecule has 0 aliphatic rings. The zero-order chi connectivity index (χ0) is 13.3. The maximum atomic E-state index is 11.5. The summed E-state index contributed by atoms with van der Waals surface area (Å²) in [7, 11) is 1.32. The first-order valence-corrected chi connectivity index (χ1v) is 6.31. The Hall–Kier alpha value is -1.33. The summed E-state index contributed by atoms with van der Waals surface area (Å²) in [5, 5.41) is 0.544. The zero-order valence-electron chi connectivity index (χ0n) is 9.75. The molecule has 0 fully saturated rings. The predicted octanol–water partition coefficient (Wildman–Crippen LogP) is 3.59. The number of imidazole rings is 1. The van der Waals surface area contributed by atoms with E-state index in [1.165, 1.54) is 7.11 Å². The highest BCUT2D eigenvalue weighted by atomic mass is 79.9. The number of hydrogen-bond acceptors (Lipinski definition) is 3. The van der Waals surface area contributed by atoms with Gasteiger partial charge in [-0.2, -0.15) is 0 Å². The molecule has 1 N–H and O–H groups in total. The number of esters is 1. The Bertz CT molecular complexity index is 610. The molecule has 2 rings (SSSR count). The lowest BCUT2D eigenvalue weighted by atomic mass is 10.2. The summed E-state index contributed by atoms with van der Waals surface area (Å²) < 4.78 is 5.43. The maximum absolute atomic E-state index is 11.5. The third-order valence-electron chi connectivity index (χ3n) is 2.47. The van der Waals surface area contributed by atoms with E-state index in [9.17, 15) is 4.79 Å². The van der Waals surface area contributed by atoms with E-state index in [0.29, 0.717) is 16.5 Å². The number of H-pyrrole nitrogens is 1. The van der Waals surface area contributed by atoms with E-state index in [0.717, 1.165) is 10.0 Å². The van der Waals surface area contributed by atoms with Crippen LogP contribution in [-0.4, -0.2) is 23.0 Å². The molecular formula is C12H10BrClN2O2. The predicted molar refractivity (Wildman–Crippen MR) is 72.8 cm³/mol. The van der Waals surface area contributed by atoms with Crippen molar-refractivity contribution in [3.63, 3.8) is 0 Å². The van der Waals surface area contributed by atoms with E-state index in [1.54, 1.807) is 6.92 Å². The van der Waals surface area contributed by atoms with E-state index < -0.39 is 5.97 Å². The lowest BCUT2D eigenvalue weighted by Crippen LogP contribution is -2.03. The summed E-state index contributed by atoms with van der Waals surface area (Å²) in [4.78, 5) is 18.7. The highest BCUT2D eigenvalue weighted by Gasteiger charge is 2.17. The first kappa shape index (κ1) is 13.1. The van der Waals surface area contributed by atoms with Gasteiger partial charge in [0.15, 0.2) is 5.69 Å². The van der Waals surface area contributed by atoms with Crippen LogP contribution in [0.2, 0.25) is 5.02 Å². The number of benzene rings is 1. The number of carbonyl (C=O) groups is 1. The molecule has 0 saturated carbocycles. The maximum Gasteiger partial charge on any atom is 0.358 e. The van der Waals surface area contributed by atoms with Gasteiger partial charge < -0.3 is 9.72 Å². The third kappa shape index (κ3) is 2.28. The van der Waals surface area contributed by atoms with Crippen LogP contribution in [0, 0.1) is 6.92 Å². The molecule has 6 heteroatoms. The lowest BCUT2D eigenvalue weighted by molar-refractivity contribution is 0.0594. The minimum atomic E-state index is -0.471. The summed E-state index contributed by atoms with van der Waals surface area (Å²) in [6.45, 7) is 1.76. The second-order valence-corrected chi connectivity index (χ2v) is 4.88. The molecule has 0 atom stereocenters. The van der Waals surface area contributed by atoms with E-state index in [1.807, 2.05) is 18.2 Å². The molecule has 1 aromatic carbocycles. The van der Waals surface area contributed by atoms with Crippen LogP contribution in [0.3, 0.4) is 0 Å². The third-order valence-corrected chi connectivity index (χ3v) is 3.77. The first-order valence-electron chi connectivity index (χ1n) is 5.14. The Morgan fingerprint density at radius 2 is 2.22 bits per heavy atom. The Morgan fingerprint density at radius 1 is 1.50 bits per heavy atom. The van der Waals surface area contributed by atoms with Crippen LogP contribution < -0.4 is 0 Å². The molecule has 2 aromatic rings. The minimum Gasteiger partial charge on any atom is -0.464 e. The second-order valence-electron chi connectivity index (χ2n) is 3.65. The molecule has 0 aliphatic heterocycles. The van der Waals surface area contributed by atoms with Crippen LogP contribution in [0.1, 0.15) is 16.2 Å². The summed E-state index contributed by atoms with van der Waals surface area (Å²) in [6, 6.07) is 5.51. The Labute approximate surface area is 117 Å². The van der Waals surface area contributed by atoms with Gasteiger partial charge in [0.05, 0.1) is 12.1 Å². The molecule has 0 radical (unpaired) electrons. The molecule has 4 nitrogen and oxygen atoms in total. The largest absolute Gasteiger partial charge is 0.464 e. The van der Waals surface area contributed by atoms with E-state index in [4.69, 9.17) is 11.6 Å². The van der Waals surface area contributed by atoms with Crippen molar-refractivity contribution in [2.75, 3.05) is 7.11 Å². The van der Waals surface area contributed by atoms with Crippen molar-refractivity contribution in [3.8, 4) is 11.4 Å². The number of ether oxygens (including phenoxy) is 1. The molecule has 0 unspecified atom stereocenters. The number of nitrogens with one attached hydrogen (secondary N) is 1. The fourth-order valence-corrected chi connectivity index (χ4v) is 2.15. The molecule has 0 aliphatic carbocycles. The molecule has 1 heterocycles. The summed E-state index contributed by atoms with van der Waals surface area (Å²) >= 11 is 9.53. The molecule has 0 bridgehead atoms. The van der Waals surface area contributed by atoms with Crippen molar-refractivity contribution >= 4 is 33.5 Å². The Kier molecular flexibility index (Phi) is 3.73. The van der Waals surface area contributed by atoms with Gasteiger partial charge in [-0.3, -0.25) is 0 Å². The number of methoxy groups -OCH3 is 1. The Morgan fingerprint density at radius 3 is 2.89 bits per heavy atom. The Balaban J connectivity index is 2.53. The topological polar surface area (TPSA) is 55.0 Å². The summed E-state index contributed by atoms with van der Waals surface area (Å²) in [6.07, 6.45) is 0. The normalized spacial score (nSPS) is 10.4. The van der Waals surface area contributed by atoms with Gasteiger partial charge in [-0.1, -0.05) is 17.7 Å². The molecular weight excluding hydrogens is 320 g/mol. The van der Waals surface area contributed by atoms with Crippen LogP contribution in [0.15, 0.2) is 22.7 Å². The fraction of sp³-hybridized carbons (Fsp3) is 0.167. The average molecular weight is 330 g/mol. The van der Waals surface area contributed by atoms with Gasteiger partial charge >= 0.3 is 5.97 Å². The van der Waals surface area contributed by atoms with E-state index in [2.05, 4.69) is 30.6 Å². The van der Waals surface area contributed by atoms with Crippen molar-refractivity contribution < 1.29 is 9.53 Å². The van der Waals surface area contributed by atoms with Crippen LogP contribution in [-0.2, 0) is 4.74 Å². The molecule has 0 saturated heterocycles. The monoisotopic (exact) mass is 328 g/mol. The van der Waals surface area contributed by atoms with Gasteiger partial charge in [0, 0.05) is 15.7 Å². The van der Waals surface area contributed by atoms with Crippen molar-refractivity contribution in [2.45, 2.75) is 6.92 Å². The lowest BCUT2D eigenvalue weighted by Gasteiger charge is -2.02. The van der Waals surface area contributed by atoms with Gasteiger partial charge in [0.25, 0.3) is 0 Å². The zero-order valence-corrected chi connectivity index (χ0v) is 12.1. The number of halogens is 2. The van der Waals surface area contributed by atoms with Crippen LogP contribution >= 0.6 is 27.5 Å². The molecule has 0 spiro atoms. The fourth-order valence-electron chi connectivity index (χ4n) is 1.57. The van der Waals surface area contributed by atoms with E-state index >= 15 is 0 Å². The summed E-state index contributed by atoms with van der Waals surface area (Å²) in [5.41, 5.74) is 1.64. The SMILES string of the molecule is COC(=O)c1nc(-c2cccc(Br)c2Cl)[nH]c1C. The van der Waals surface area contributed by atoms with Gasteiger partial charge in [-0.15, -0.1) is 0 Å². The molecule has 0 amide bonds. The smallest absolute Gasteiger partial charge is 0.358 e. The highest BCUT2D eigenvalue weighted by Crippen LogP contribution is 2.32. The second kappa shape index (κ2) is 5.12. The van der Waals surface area contributed by atoms with Gasteiger partial charge in [-0.05, 0) is 35.0 Å². The number of carbonyl (C=O) groups excluding carboxylic acids is 1. The van der Waals surface area contributed by atoms with Gasteiger partial charge in [0.1, 0.15) is 5.82 Å². The molecule has 18 heavy (non-hydrogen) atoms. The standard InChI is InChI=1S/C12H10BrClN2O2/c1-6-10(12(17)18-2)16-11(15-6)7-4-3-5-8(13)9(7)14/h3-5H,1-2H3,(H,15,16). The molecule has 94 valence electrons. The summed E-state index contributed by atoms with van der Waals surface area (Å²) in [5.74, 6) is 0.0697. The number of hydrogen-bond donors (Lipinski definition) is 1. The molecule has 1 aromatic heterocycles. The number of aryl methyl sites for hydroxylation is 1. The van der Waals surface area contributed by atoms with Crippen LogP contribution in [0.5, 0.6) is 0 Å². The number of aromatic nitrogens is 2. The van der Waals surface area contributed by atoms with Gasteiger partial charge in [-0.25, -0.2) is 9.78 Å². The van der Waals surface area contributed by atoms with Crippen LogP contribution in [0.4, 0.5) is 0 Å². The number of rotatable bonds is 2. The van der Waals surface area contributed by atoms with Crippen molar-refractivity contribution in [3.05, 3.63) is 39.1 Å². The van der Waals surface area contributed by atoms with Crippen molar-refractivity contribution in [2.24, 2.45) is 0 Å². The number of nitrogens with zero attached hydrogens (tertiary/aromatic N) is 1.